The van der Waals surface area contributed by atoms with Crippen LogP contribution < -0.4 is 5.32 Å². The fourth-order valence-electron chi connectivity index (χ4n) is 2.45. The van der Waals surface area contributed by atoms with Crippen molar-refractivity contribution in [2.75, 3.05) is 11.6 Å². The van der Waals surface area contributed by atoms with Gasteiger partial charge in [0.15, 0.2) is 0 Å². The number of nitrogens with one attached hydrogen (secondary N) is 2. The van der Waals surface area contributed by atoms with Gasteiger partial charge in [-0.15, -0.1) is 0 Å². The Morgan fingerprint density at radius 1 is 1.26 bits per heavy atom. The highest BCUT2D eigenvalue weighted by atomic mass is 35.5. The quantitative estimate of drug-likeness (QED) is 0.751. The van der Waals surface area contributed by atoms with Gasteiger partial charge in [0.1, 0.15) is 0 Å². The molecule has 0 saturated heterocycles. The first-order valence-corrected chi connectivity index (χ1v) is 9.11. The third kappa shape index (κ3) is 3.46. The largest absolute Gasteiger partial charge is 0.361 e. The molecule has 1 unspecified atom stereocenters. The summed E-state index contributed by atoms with van der Waals surface area (Å²) in [6.45, 7) is 0. The van der Waals surface area contributed by atoms with Crippen LogP contribution in [-0.2, 0) is 16.6 Å². The van der Waals surface area contributed by atoms with Gasteiger partial charge in [-0.3, -0.25) is 9.00 Å². The molecule has 2 aromatic carbocycles. The van der Waals surface area contributed by atoms with Gasteiger partial charge in [-0.2, -0.15) is 0 Å². The van der Waals surface area contributed by atoms with Crippen LogP contribution in [0.1, 0.15) is 15.9 Å². The highest BCUT2D eigenvalue weighted by Gasteiger charge is 2.12. The maximum atomic E-state index is 12.5. The number of halogens is 1. The summed E-state index contributed by atoms with van der Waals surface area (Å²) in [5.41, 5.74) is 2.75. The Kier molecular flexibility index (Phi) is 4.50. The van der Waals surface area contributed by atoms with E-state index in [2.05, 4.69) is 10.3 Å². The van der Waals surface area contributed by atoms with Gasteiger partial charge in [-0.1, -0.05) is 23.7 Å². The second-order valence-corrected chi connectivity index (χ2v) is 7.07. The van der Waals surface area contributed by atoms with Crippen molar-refractivity contribution in [3.63, 3.8) is 0 Å². The van der Waals surface area contributed by atoms with E-state index in [-0.39, 0.29) is 5.91 Å². The van der Waals surface area contributed by atoms with Crippen LogP contribution in [-0.4, -0.2) is 21.4 Å². The van der Waals surface area contributed by atoms with Gasteiger partial charge in [0.05, 0.1) is 11.1 Å². The van der Waals surface area contributed by atoms with Crippen molar-refractivity contribution >= 4 is 44.9 Å². The number of carbonyl (C=O) groups is 1. The van der Waals surface area contributed by atoms with Gasteiger partial charge in [-0.25, -0.2) is 0 Å². The Morgan fingerprint density at radius 3 is 2.87 bits per heavy atom. The molecule has 1 amide bonds. The monoisotopic (exact) mass is 346 g/mol. The van der Waals surface area contributed by atoms with Gasteiger partial charge in [-0.05, 0) is 35.9 Å². The number of hydrogen-bond donors (Lipinski definition) is 2. The molecule has 1 atom stereocenters. The van der Waals surface area contributed by atoms with Crippen molar-refractivity contribution in [1.82, 2.24) is 4.98 Å². The topological polar surface area (TPSA) is 62.0 Å². The number of carbonyl (C=O) groups excluding carboxylic acids is 1. The lowest BCUT2D eigenvalue weighted by Gasteiger charge is -2.09. The standard InChI is InChI=1S/C17H15ClN2O2S/c1-23(22)10-12-9-13(5-6-15(12)18)20-17(21)14-4-2-3-11-7-8-19-16(11)14/h2-9,19H,10H2,1H3,(H,20,21). The lowest BCUT2D eigenvalue weighted by Crippen LogP contribution is -2.12. The van der Waals surface area contributed by atoms with Crippen molar-refractivity contribution < 1.29 is 9.00 Å². The number of aromatic amines is 1. The third-order valence-electron chi connectivity index (χ3n) is 3.49. The van der Waals surface area contributed by atoms with Crippen molar-refractivity contribution in [2.45, 2.75) is 5.75 Å². The molecular formula is C17H15ClN2O2S. The molecule has 0 spiro atoms. The van der Waals surface area contributed by atoms with Gasteiger partial charge in [0.25, 0.3) is 5.91 Å². The lowest BCUT2D eigenvalue weighted by atomic mass is 10.1. The SMILES string of the molecule is CS(=O)Cc1cc(NC(=O)c2cccc3cc[nH]c23)ccc1Cl. The second-order valence-electron chi connectivity index (χ2n) is 5.23. The summed E-state index contributed by atoms with van der Waals surface area (Å²) in [4.78, 5) is 15.6. The number of amides is 1. The van der Waals surface area contributed by atoms with Gasteiger partial charge >= 0.3 is 0 Å². The first-order chi connectivity index (χ1) is 11.0. The van der Waals surface area contributed by atoms with Crippen molar-refractivity contribution in [3.05, 3.63) is 64.8 Å². The molecule has 2 N–H and O–H groups in total. The molecule has 0 aliphatic carbocycles. The van der Waals surface area contributed by atoms with Crippen LogP contribution in [0.2, 0.25) is 5.02 Å². The van der Waals surface area contributed by atoms with Gasteiger partial charge < -0.3 is 10.3 Å². The van der Waals surface area contributed by atoms with Crippen LogP contribution in [0.3, 0.4) is 0 Å². The van der Waals surface area contributed by atoms with E-state index < -0.39 is 10.8 Å². The fourth-order valence-corrected chi connectivity index (χ4v) is 3.40. The molecule has 6 heteroatoms. The number of benzene rings is 2. The molecule has 0 bridgehead atoms. The molecule has 1 aromatic heterocycles. The molecule has 3 rings (SSSR count). The summed E-state index contributed by atoms with van der Waals surface area (Å²) >= 11 is 6.11. The molecule has 0 aliphatic heterocycles. The average Bonchev–Trinajstić information content (AvgIpc) is 2.98. The molecule has 0 fully saturated rings. The summed E-state index contributed by atoms with van der Waals surface area (Å²) in [5, 5.41) is 4.39. The molecule has 0 radical (unpaired) electrons. The van der Waals surface area contributed by atoms with E-state index in [1.807, 2.05) is 18.2 Å². The molecule has 3 aromatic rings. The number of hydrogen-bond acceptors (Lipinski definition) is 2. The van der Waals surface area contributed by atoms with Crippen LogP contribution in [0.15, 0.2) is 48.7 Å². The first kappa shape index (κ1) is 15.8. The zero-order valence-electron chi connectivity index (χ0n) is 12.4. The molecule has 1 heterocycles. The molecule has 118 valence electrons. The molecule has 23 heavy (non-hydrogen) atoms. The number of aromatic nitrogens is 1. The summed E-state index contributed by atoms with van der Waals surface area (Å²) in [7, 11) is -0.999. The number of anilines is 1. The van der Waals surface area contributed by atoms with E-state index in [1.165, 1.54) is 0 Å². The van der Waals surface area contributed by atoms with Crippen LogP contribution in [0.25, 0.3) is 10.9 Å². The predicted molar refractivity (Wildman–Crippen MR) is 95.5 cm³/mol. The Labute approximate surface area is 141 Å². The van der Waals surface area contributed by atoms with E-state index in [0.717, 1.165) is 16.5 Å². The first-order valence-electron chi connectivity index (χ1n) is 7.00. The smallest absolute Gasteiger partial charge is 0.257 e. The number of para-hydroxylation sites is 1. The average molecular weight is 347 g/mol. The lowest BCUT2D eigenvalue weighted by molar-refractivity contribution is 0.102. The Bertz CT molecular complexity index is 904. The minimum atomic E-state index is -0.999. The van der Waals surface area contributed by atoms with Crippen LogP contribution in [0.4, 0.5) is 5.69 Å². The molecule has 0 aliphatic rings. The van der Waals surface area contributed by atoms with Crippen LogP contribution in [0, 0.1) is 0 Å². The van der Waals surface area contributed by atoms with Crippen LogP contribution in [0.5, 0.6) is 0 Å². The zero-order chi connectivity index (χ0) is 16.4. The van der Waals surface area contributed by atoms with Gasteiger partial charge in [0, 0.05) is 45.1 Å². The van der Waals surface area contributed by atoms with E-state index >= 15 is 0 Å². The van der Waals surface area contributed by atoms with Crippen molar-refractivity contribution in [2.24, 2.45) is 0 Å². The number of rotatable bonds is 4. The van der Waals surface area contributed by atoms with Crippen molar-refractivity contribution in [3.8, 4) is 0 Å². The second kappa shape index (κ2) is 6.56. The number of fused-ring (bicyclic) bond motifs is 1. The maximum Gasteiger partial charge on any atom is 0.257 e. The molecular weight excluding hydrogens is 332 g/mol. The Hall–Kier alpha value is -2.11. The van der Waals surface area contributed by atoms with E-state index in [1.54, 1.807) is 36.7 Å². The maximum absolute atomic E-state index is 12.5. The summed E-state index contributed by atoms with van der Waals surface area (Å²) in [5.74, 6) is 0.151. The highest BCUT2D eigenvalue weighted by Crippen LogP contribution is 2.23. The summed E-state index contributed by atoms with van der Waals surface area (Å²) in [6, 6.07) is 12.7. The highest BCUT2D eigenvalue weighted by molar-refractivity contribution is 7.83. The van der Waals surface area contributed by atoms with E-state index in [0.29, 0.717) is 22.0 Å². The van der Waals surface area contributed by atoms with Crippen LogP contribution >= 0.6 is 11.6 Å². The van der Waals surface area contributed by atoms with E-state index in [9.17, 15) is 9.00 Å². The molecule has 4 nitrogen and oxygen atoms in total. The minimum absolute atomic E-state index is 0.205. The fraction of sp³-hybridized carbons (Fsp3) is 0.118. The molecule has 0 saturated carbocycles. The Morgan fingerprint density at radius 2 is 2.09 bits per heavy atom. The normalized spacial score (nSPS) is 12.3. The van der Waals surface area contributed by atoms with Crippen molar-refractivity contribution in [1.29, 1.82) is 0 Å². The van der Waals surface area contributed by atoms with E-state index in [4.69, 9.17) is 11.6 Å². The van der Waals surface area contributed by atoms with Gasteiger partial charge in [0.2, 0.25) is 0 Å². The Balaban J connectivity index is 1.88. The summed E-state index contributed by atoms with van der Waals surface area (Å²) in [6.07, 6.45) is 3.42. The zero-order valence-corrected chi connectivity index (χ0v) is 14.0. The summed E-state index contributed by atoms with van der Waals surface area (Å²) < 4.78 is 11.4. The minimum Gasteiger partial charge on any atom is -0.361 e. The number of H-pyrrole nitrogens is 1. The third-order valence-corrected chi connectivity index (χ3v) is 4.58. The predicted octanol–water partition coefficient (Wildman–Crippen LogP) is 3.95.